The summed E-state index contributed by atoms with van der Waals surface area (Å²) in [6.07, 6.45) is -18.9. The summed E-state index contributed by atoms with van der Waals surface area (Å²) in [5.74, 6) is 0. The van der Waals surface area contributed by atoms with Gasteiger partial charge in [0.25, 0.3) is 0 Å². The van der Waals surface area contributed by atoms with Gasteiger partial charge >= 0.3 is 56.0 Å². The van der Waals surface area contributed by atoms with Gasteiger partial charge < -0.3 is 77.2 Å². The maximum absolute atomic E-state index is 11.4. The highest BCUT2D eigenvalue weighted by atomic mass is 31.2. The van der Waals surface area contributed by atoms with Crippen LogP contribution in [0.2, 0.25) is 0 Å². The van der Waals surface area contributed by atoms with Crippen LogP contribution in [0.3, 0.4) is 0 Å². The van der Waals surface area contributed by atoms with Gasteiger partial charge in [-0.2, -0.15) is 0 Å². The van der Waals surface area contributed by atoms with E-state index in [0.29, 0.717) is 0 Å². The van der Waals surface area contributed by atoms with E-state index < -0.39 is 92.6 Å². The van der Waals surface area contributed by atoms with E-state index in [2.05, 4.69) is 31.3 Å². The van der Waals surface area contributed by atoms with Gasteiger partial charge in [0.05, 0.1) is 0 Å². The highest BCUT2D eigenvalue weighted by Gasteiger charge is 2.62. The van der Waals surface area contributed by atoms with Crippen LogP contribution in [0.4, 0.5) is 0 Å². The highest BCUT2D eigenvalue weighted by molar-refractivity contribution is 7.47. The van der Waals surface area contributed by atoms with Crippen LogP contribution >= 0.6 is 46.9 Å². The van der Waals surface area contributed by atoms with Gasteiger partial charge in [0, 0.05) is 0 Å². The summed E-state index contributed by atoms with van der Waals surface area (Å²) in [5.41, 5.74) is 0. The highest BCUT2D eigenvalue weighted by Crippen LogP contribution is 2.57. The molecular formula is C6H24O28P6Si2. The second kappa shape index (κ2) is 15.2. The van der Waals surface area contributed by atoms with E-state index in [9.17, 15) is 27.4 Å². The number of phosphoric ester groups is 6. The van der Waals surface area contributed by atoms with Crippen LogP contribution in [0, 0.1) is 0 Å². The van der Waals surface area contributed by atoms with Crippen LogP contribution in [-0.2, 0) is 58.6 Å². The third-order valence-electron chi connectivity index (χ3n) is 3.77. The van der Waals surface area contributed by atoms with Crippen LogP contribution in [0.15, 0.2) is 0 Å². The van der Waals surface area contributed by atoms with Crippen molar-refractivity contribution in [2.45, 2.75) is 36.6 Å². The molecule has 42 heavy (non-hydrogen) atoms. The average molecular weight is 786 g/mol. The standard InChI is InChI=1S/C6H18O24P6.H6O4Si2/c7-31(8,9)25-1-2(26-32(10,11)12)4(28-34(16,17)18)6(30-36(22,23)24)5(29-35(19,20)21)3(1)27-33(13,14)15;1-6(2,3)4-5/h1-6H,(H2,7,8,9)(H2,10,11,12)(H2,13,14,15)(H2,16,17,18)(H2,19,20,21)(H2,22,23,24);1-3H,5H3. The van der Waals surface area contributed by atoms with Gasteiger partial charge in [-0.05, 0) is 0 Å². The van der Waals surface area contributed by atoms with Crippen molar-refractivity contribution in [3.05, 3.63) is 0 Å². The minimum atomic E-state index is -6.02. The molecule has 15 N–H and O–H groups in total. The lowest BCUT2D eigenvalue weighted by molar-refractivity contribution is -0.202. The van der Waals surface area contributed by atoms with Gasteiger partial charge in [0.1, 0.15) is 47.1 Å². The first-order valence-corrected chi connectivity index (χ1v) is 21.0. The zero-order valence-corrected chi connectivity index (χ0v) is 28.0. The Labute approximate surface area is 235 Å². The van der Waals surface area contributed by atoms with E-state index in [0.717, 1.165) is 0 Å². The molecule has 0 spiro atoms. The van der Waals surface area contributed by atoms with Crippen LogP contribution in [0.1, 0.15) is 0 Å². The van der Waals surface area contributed by atoms with Crippen molar-refractivity contribution in [1.82, 2.24) is 0 Å². The molecule has 0 amide bonds. The first kappa shape index (κ1) is 42.9. The van der Waals surface area contributed by atoms with Crippen molar-refractivity contribution in [3.8, 4) is 0 Å². The van der Waals surface area contributed by atoms with Crippen molar-refractivity contribution in [2.24, 2.45) is 0 Å². The molecule has 1 fully saturated rings. The Morgan fingerprint density at radius 3 is 0.524 bits per heavy atom. The minimum absolute atomic E-state index is 0.160. The molecular weight excluding hydrogens is 762 g/mol. The molecule has 0 heterocycles. The molecule has 0 bridgehead atoms. The Morgan fingerprint density at radius 1 is 0.381 bits per heavy atom. The number of hydrogen-bond acceptors (Lipinski definition) is 16. The van der Waals surface area contributed by atoms with Gasteiger partial charge in [-0.1, -0.05) is 0 Å². The maximum atomic E-state index is 11.4. The number of phosphoric acid groups is 6. The van der Waals surface area contributed by atoms with Gasteiger partial charge in [0.2, 0.25) is 0 Å². The lowest BCUT2D eigenvalue weighted by atomic mass is 9.85. The third kappa shape index (κ3) is 19.4. The molecule has 0 aromatic rings. The fraction of sp³-hybridized carbons (Fsp3) is 1.00. The summed E-state index contributed by atoms with van der Waals surface area (Å²) in [6, 6.07) is 0. The van der Waals surface area contributed by atoms with E-state index in [1.54, 1.807) is 0 Å². The first-order valence-electron chi connectivity index (χ1n) is 9.29. The molecule has 1 aliphatic carbocycles. The van der Waals surface area contributed by atoms with Crippen molar-refractivity contribution in [2.75, 3.05) is 0 Å². The van der Waals surface area contributed by atoms with E-state index in [4.69, 9.17) is 73.1 Å². The lowest BCUT2D eigenvalue weighted by Crippen LogP contribution is -2.66. The topological polar surface area (TPSA) is 470 Å². The smallest absolute Gasteiger partial charge is 0.403 e. The second-order valence-electron chi connectivity index (χ2n) is 7.14. The molecule has 0 unspecified atom stereocenters. The molecule has 1 saturated carbocycles. The predicted molar refractivity (Wildman–Crippen MR) is 125 cm³/mol. The lowest BCUT2D eigenvalue weighted by Gasteiger charge is -2.48. The molecule has 0 atom stereocenters. The van der Waals surface area contributed by atoms with Crippen LogP contribution < -0.4 is 0 Å². The Kier molecular flexibility index (Phi) is 15.6. The molecule has 28 nitrogen and oxygen atoms in total. The molecule has 254 valence electrons. The molecule has 1 aliphatic rings. The maximum Gasteiger partial charge on any atom is 0.660 e. The normalized spacial score (nSPS) is 26.9. The zero-order valence-electron chi connectivity index (χ0n) is 19.7. The predicted octanol–water partition coefficient (Wildman–Crippen LogP) is -6.44. The Morgan fingerprint density at radius 2 is 0.476 bits per heavy atom. The van der Waals surface area contributed by atoms with Crippen molar-refractivity contribution in [3.63, 3.8) is 0 Å². The van der Waals surface area contributed by atoms with Gasteiger partial charge in [-0.15, -0.1) is 0 Å². The fourth-order valence-corrected chi connectivity index (χ4v) is 6.14. The van der Waals surface area contributed by atoms with Crippen LogP contribution in [0.25, 0.3) is 0 Å². The third-order valence-corrected chi connectivity index (χ3v) is 9.07. The van der Waals surface area contributed by atoms with E-state index in [1.807, 2.05) is 0 Å². The van der Waals surface area contributed by atoms with Crippen molar-refractivity contribution < 1.29 is 132 Å². The molecule has 1 rings (SSSR count). The van der Waals surface area contributed by atoms with Crippen molar-refractivity contribution >= 4 is 66.5 Å². The molecule has 0 saturated heterocycles. The minimum Gasteiger partial charge on any atom is -0.403 e. The first-order chi connectivity index (χ1) is 18.1. The number of hydrogen-bond donors (Lipinski definition) is 15. The summed E-state index contributed by atoms with van der Waals surface area (Å²) < 4.78 is 97.0. The SMILES string of the molecule is O=P(O)(O)OC1C(OP(=O)(O)O)C(OP(=O)(O)O)C(OP(=O)(O)O)C(OP(=O)(O)O)C1OP(=O)(O)O.O[Si](O)(O)O[SiH3]. The van der Waals surface area contributed by atoms with Crippen LogP contribution in [0.5, 0.6) is 0 Å². The van der Waals surface area contributed by atoms with Gasteiger partial charge in [-0.25, -0.2) is 27.4 Å². The Bertz CT molecular complexity index is 933. The second-order valence-corrected chi connectivity index (χ2v) is 17.1. The largest absolute Gasteiger partial charge is 0.660 e. The van der Waals surface area contributed by atoms with E-state index >= 15 is 0 Å². The molecule has 0 aliphatic heterocycles. The average Bonchev–Trinajstić information content (AvgIpc) is 2.64. The molecule has 0 aromatic carbocycles. The fourth-order valence-electron chi connectivity index (χ4n) is 2.79. The van der Waals surface area contributed by atoms with Crippen LogP contribution in [-0.4, -0.2) is 129 Å². The van der Waals surface area contributed by atoms with Crippen molar-refractivity contribution in [1.29, 1.82) is 0 Å². The summed E-state index contributed by atoms with van der Waals surface area (Å²) >= 11 is 0. The Hall–Kier alpha value is 0.934. The molecule has 0 radical (unpaired) electrons. The summed E-state index contributed by atoms with van der Waals surface area (Å²) in [5, 5.41) is 0. The summed E-state index contributed by atoms with van der Waals surface area (Å²) in [6.45, 7) is 0. The molecule has 36 heteroatoms. The van der Waals surface area contributed by atoms with Gasteiger partial charge in [-0.3, -0.25) is 27.1 Å². The Balaban J connectivity index is 0.00000252. The van der Waals surface area contributed by atoms with E-state index in [1.165, 1.54) is 0 Å². The summed E-state index contributed by atoms with van der Waals surface area (Å²) in [7, 11) is -40.0. The monoisotopic (exact) mass is 786 g/mol. The zero-order chi connectivity index (χ0) is 33.9. The number of rotatable bonds is 13. The summed E-state index contributed by atoms with van der Waals surface area (Å²) in [4.78, 5) is 133. The molecule has 0 aromatic heterocycles. The quantitative estimate of drug-likeness (QED) is 0.0609. The van der Waals surface area contributed by atoms with Gasteiger partial charge in [0.15, 0.2) is 0 Å². The van der Waals surface area contributed by atoms with E-state index in [-0.39, 0.29) is 10.5 Å².